The minimum atomic E-state index is 0.100. The zero-order valence-corrected chi connectivity index (χ0v) is 14.2. The van der Waals surface area contributed by atoms with Crippen molar-refractivity contribution >= 4 is 11.8 Å². The van der Waals surface area contributed by atoms with Crippen molar-refractivity contribution in [2.75, 3.05) is 32.8 Å². The second kappa shape index (κ2) is 9.73. The number of methoxy groups -OCH3 is 1. The van der Waals surface area contributed by atoms with E-state index in [1.54, 1.807) is 7.11 Å². The second-order valence-electron chi connectivity index (χ2n) is 5.02. The van der Waals surface area contributed by atoms with Crippen LogP contribution < -0.4 is 4.74 Å². The van der Waals surface area contributed by atoms with Crippen LogP contribution in [0.4, 0.5) is 0 Å². The Bertz CT molecular complexity index is 493. The third-order valence-corrected chi connectivity index (χ3v) is 4.17. The standard InChI is InChI=1S/C17H25NO2S/c1-14(13-21-4)18(2)12-16-11-17(20-3)9-8-15(16)7-5-6-10-19/h8-9,11,14,19H,6,10,12-13H2,1-4H3. The lowest BCUT2D eigenvalue weighted by Gasteiger charge is -2.24. The van der Waals surface area contributed by atoms with Gasteiger partial charge in [0, 0.05) is 30.3 Å². The fraction of sp³-hybridized carbons (Fsp3) is 0.529. The van der Waals surface area contributed by atoms with Gasteiger partial charge in [-0.15, -0.1) is 0 Å². The van der Waals surface area contributed by atoms with Crippen LogP contribution in [0.2, 0.25) is 0 Å². The number of nitrogens with zero attached hydrogens (tertiary/aromatic N) is 1. The van der Waals surface area contributed by atoms with Crippen molar-refractivity contribution in [1.29, 1.82) is 0 Å². The number of aliphatic hydroxyl groups excluding tert-OH is 1. The predicted molar refractivity (Wildman–Crippen MR) is 90.9 cm³/mol. The third kappa shape index (κ3) is 6.01. The van der Waals surface area contributed by atoms with Gasteiger partial charge in [0.05, 0.1) is 13.7 Å². The molecule has 21 heavy (non-hydrogen) atoms. The normalized spacial score (nSPS) is 11.9. The van der Waals surface area contributed by atoms with Crippen LogP contribution in [-0.4, -0.2) is 48.8 Å². The molecule has 0 amide bonds. The van der Waals surface area contributed by atoms with Crippen LogP contribution in [0, 0.1) is 11.8 Å². The molecule has 0 heterocycles. The first-order valence-corrected chi connectivity index (χ1v) is 8.47. The van der Waals surface area contributed by atoms with Crippen LogP contribution >= 0.6 is 11.8 Å². The van der Waals surface area contributed by atoms with E-state index in [2.05, 4.69) is 37.0 Å². The van der Waals surface area contributed by atoms with E-state index in [4.69, 9.17) is 9.84 Å². The largest absolute Gasteiger partial charge is 0.497 e. The summed E-state index contributed by atoms with van der Waals surface area (Å²) in [5.74, 6) is 8.09. The van der Waals surface area contributed by atoms with Crippen molar-refractivity contribution < 1.29 is 9.84 Å². The monoisotopic (exact) mass is 307 g/mol. The average molecular weight is 307 g/mol. The topological polar surface area (TPSA) is 32.7 Å². The Morgan fingerprint density at radius 1 is 1.43 bits per heavy atom. The number of hydrogen-bond acceptors (Lipinski definition) is 4. The SMILES string of the molecule is COc1ccc(C#CCCO)c(CN(C)C(C)CSC)c1. The molecule has 1 aromatic carbocycles. The minimum absolute atomic E-state index is 0.100. The number of rotatable bonds is 7. The number of benzene rings is 1. The highest BCUT2D eigenvalue weighted by Gasteiger charge is 2.11. The van der Waals surface area contributed by atoms with Crippen LogP contribution in [0.1, 0.15) is 24.5 Å². The van der Waals surface area contributed by atoms with E-state index in [1.165, 1.54) is 0 Å². The van der Waals surface area contributed by atoms with Crippen LogP contribution in [0.15, 0.2) is 18.2 Å². The van der Waals surface area contributed by atoms with Gasteiger partial charge in [-0.2, -0.15) is 11.8 Å². The zero-order chi connectivity index (χ0) is 15.7. The van der Waals surface area contributed by atoms with Crippen molar-refractivity contribution in [1.82, 2.24) is 4.90 Å². The van der Waals surface area contributed by atoms with Crippen molar-refractivity contribution in [3.8, 4) is 17.6 Å². The van der Waals surface area contributed by atoms with Gasteiger partial charge in [-0.3, -0.25) is 4.90 Å². The molecule has 116 valence electrons. The van der Waals surface area contributed by atoms with Crippen molar-refractivity contribution in [2.45, 2.75) is 25.9 Å². The summed E-state index contributed by atoms with van der Waals surface area (Å²) in [4.78, 5) is 2.32. The third-order valence-electron chi connectivity index (χ3n) is 3.35. The molecule has 0 spiro atoms. The van der Waals surface area contributed by atoms with Crippen LogP contribution in [-0.2, 0) is 6.54 Å². The fourth-order valence-corrected chi connectivity index (χ4v) is 2.69. The molecular weight excluding hydrogens is 282 g/mol. The van der Waals surface area contributed by atoms with Gasteiger partial charge in [-0.1, -0.05) is 11.8 Å². The molecule has 1 aromatic rings. The molecule has 0 aliphatic heterocycles. The van der Waals surface area contributed by atoms with Gasteiger partial charge in [0.1, 0.15) is 5.75 Å². The molecule has 0 aliphatic carbocycles. The van der Waals surface area contributed by atoms with Gasteiger partial charge in [0.15, 0.2) is 0 Å². The number of aliphatic hydroxyl groups is 1. The molecular formula is C17H25NO2S. The molecule has 1 atom stereocenters. The molecule has 1 unspecified atom stereocenters. The van der Waals surface area contributed by atoms with E-state index in [0.29, 0.717) is 12.5 Å². The molecule has 0 fully saturated rings. The van der Waals surface area contributed by atoms with E-state index in [1.807, 2.05) is 30.0 Å². The van der Waals surface area contributed by atoms with Gasteiger partial charge in [-0.25, -0.2) is 0 Å². The number of ether oxygens (including phenoxy) is 1. The Hall–Kier alpha value is -1.15. The number of thioether (sulfide) groups is 1. The Morgan fingerprint density at radius 3 is 2.81 bits per heavy atom. The van der Waals surface area contributed by atoms with Gasteiger partial charge < -0.3 is 9.84 Å². The highest BCUT2D eigenvalue weighted by atomic mass is 32.2. The maximum absolute atomic E-state index is 8.84. The molecule has 0 bridgehead atoms. The second-order valence-corrected chi connectivity index (χ2v) is 5.93. The molecule has 0 aromatic heterocycles. The Labute approximate surface area is 132 Å². The van der Waals surface area contributed by atoms with E-state index < -0.39 is 0 Å². The highest BCUT2D eigenvalue weighted by molar-refractivity contribution is 7.98. The smallest absolute Gasteiger partial charge is 0.119 e. The summed E-state index contributed by atoms with van der Waals surface area (Å²) < 4.78 is 5.31. The molecule has 4 heteroatoms. The summed E-state index contributed by atoms with van der Waals surface area (Å²) in [5, 5.41) is 8.84. The van der Waals surface area contributed by atoms with Crippen LogP contribution in [0.5, 0.6) is 5.75 Å². The fourth-order valence-electron chi connectivity index (χ4n) is 1.96. The van der Waals surface area contributed by atoms with E-state index >= 15 is 0 Å². The first-order chi connectivity index (χ1) is 10.1. The Morgan fingerprint density at radius 2 is 2.19 bits per heavy atom. The summed E-state index contributed by atoms with van der Waals surface area (Å²) in [6, 6.07) is 6.47. The summed E-state index contributed by atoms with van der Waals surface area (Å²) in [5.41, 5.74) is 2.17. The van der Waals surface area contributed by atoms with Gasteiger partial charge in [0.25, 0.3) is 0 Å². The highest BCUT2D eigenvalue weighted by Crippen LogP contribution is 2.19. The molecule has 1 N–H and O–H groups in total. The summed E-state index contributed by atoms with van der Waals surface area (Å²) in [6.45, 7) is 3.17. The van der Waals surface area contributed by atoms with E-state index in [-0.39, 0.29) is 6.61 Å². The van der Waals surface area contributed by atoms with E-state index in [9.17, 15) is 0 Å². The maximum atomic E-state index is 8.84. The van der Waals surface area contributed by atoms with Crippen molar-refractivity contribution in [3.05, 3.63) is 29.3 Å². The average Bonchev–Trinajstić information content (AvgIpc) is 2.49. The van der Waals surface area contributed by atoms with Crippen molar-refractivity contribution in [2.24, 2.45) is 0 Å². The van der Waals surface area contributed by atoms with Crippen LogP contribution in [0.3, 0.4) is 0 Å². The van der Waals surface area contributed by atoms with Crippen LogP contribution in [0.25, 0.3) is 0 Å². The van der Waals surface area contributed by atoms with E-state index in [0.717, 1.165) is 29.2 Å². The van der Waals surface area contributed by atoms with Gasteiger partial charge in [0.2, 0.25) is 0 Å². The lowest BCUT2D eigenvalue weighted by molar-refractivity contribution is 0.269. The van der Waals surface area contributed by atoms with Crippen molar-refractivity contribution in [3.63, 3.8) is 0 Å². The maximum Gasteiger partial charge on any atom is 0.119 e. The zero-order valence-electron chi connectivity index (χ0n) is 13.3. The lowest BCUT2D eigenvalue weighted by Crippen LogP contribution is -2.30. The Kier molecular flexibility index (Phi) is 8.29. The molecule has 1 rings (SSSR count). The molecule has 0 saturated carbocycles. The van der Waals surface area contributed by atoms with Gasteiger partial charge in [-0.05, 0) is 44.0 Å². The summed E-state index contributed by atoms with van der Waals surface area (Å²) >= 11 is 1.86. The minimum Gasteiger partial charge on any atom is -0.497 e. The first kappa shape index (κ1) is 17.9. The summed E-state index contributed by atoms with van der Waals surface area (Å²) in [6.07, 6.45) is 2.63. The quantitative estimate of drug-likeness (QED) is 0.785. The molecule has 0 saturated heterocycles. The number of hydrogen-bond donors (Lipinski definition) is 1. The predicted octanol–water partition coefficient (Wildman–Crippen LogP) is 2.61. The first-order valence-electron chi connectivity index (χ1n) is 7.08. The molecule has 3 nitrogen and oxygen atoms in total. The summed E-state index contributed by atoms with van der Waals surface area (Å²) in [7, 11) is 3.81. The van der Waals surface area contributed by atoms with Gasteiger partial charge >= 0.3 is 0 Å². The molecule has 0 radical (unpaired) electrons. The Balaban J connectivity index is 2.93. The lowest BCUT2D eigenvalue weighted by atomic mass is 10.1. The molecule has 0 aliphatic rings.